The topological polar surface area (TPSA) is 117 Å². The van der Waals surface area contributed by atoms with Crippen molar-refractivity contribution < 1.29 is 32.3 Å². The molecule has 3 rings (SSSR count). The van der Waals surface area contributed by atoms with E-state index in [2.05, 4.69) is 0 Å². The molecule has 10 heteroatoms. The highest BCUT2D eigenvalue weighted by Gasteiger charge is 2.36. The monoisotopic (exact) mass is 386 g/mol. The summed E-state index contributed by atoms with van der Waals surface area (Å²) < 4.78 is 36.6. The first-order valence-corrected chi connectivity index (χ1v) is 9.92. The predicted molar refractivity (Wildman–Crippen MR) is 89.1 cm³/mol. The average Bonchev–Trinajstić information content (AvgIpc) is 3.32. The molecule has 2 saturated heterocycles. The van der Waals surface area contributed by atoms with Crippen LogP contribution in [0.1, 0.15) is 29.8 Å². The number of piperidine rings is 1. The number of hydrogen-bond donors (Lipinski definition) is 1. The summed E-state index contributed by atoms with van der Waals surface area (Å²) in [6.07, 6.45) is 1.66. The first-order valence-electron chi connectivity index (χ1n) is 8.48. The van der Waals surface area contributed by atoms with Crippen LogP contribution in [0, 0.1) is 5.92 Å². The number of sulfonamides is 1. The number of aromatic carboxylic acids is 1. The molecule has 26 heavy (non-hydrogen) atoms. The van der Waals surface area contributed by atoms with Gasteiger partial charge in [-0.15, -0.1) is 0 Å². The summed E-state index contributed by atoms with van der Waals surface area (Å²) in [6, 6.07) is 2.34. The summed E-state index contributed by atoms with van der Waals surface area (Å²) in [5, 5.41) is 8.47. The minimum atomic E-state index is -3.90. The van der Waals surface area contributed by atoms with E-state index in [0.29, 0.717) is 26.1 Å². The molecule has 0 saturated carbocycles. The van der Waals surface area contributed by atoms with Crippen LogP contribution in [0.3, 0.4) is 0 Å². The fourth-order valence-corrected chi connectivity index (χ4v) is 4.72. The lowest BCUT2D eigenvalue weighted by Crippen LogP contribution is -2.46. The standard InChI is InChI=1S/C16H22N2O7S/c1-17(12-6-9-24-10-12)15(19)11-4-7-18(8-5-11)26(22,23)14-3-2-13(25-14)16(20)21/h2-3,11-12H,4-10H2,1H3,(H,20,21). The van der Waals surface area contributed by atoms with Gasteiger partial charge in [-0.05, 0) is 31.4 Å². The molecule has 1 unspecified atom stereocenters. The maximum Gasteiger partial charge on any atom is 0.371 e. The number of carbonyl (C=O) groups is 2. The molecule has 1 atom stereocenters. The molecule has 9 nitrogen and oxygen atoms in total. The van der Waals surface area contributed by atoms with Crippen molar-refractivity contribution in [1.82, 2.24) is 9.21 Å². The molecular weight excluding hydrogens is 364 g/mol. The van der Waals surface area contributed by atoms with Crippen molar-refractivity contribution in [2.75, 3.05) is 33.4 Å². The van der Waals surface area contributed by atoms with Gasteiger partial charge in [-0.1, -0.05) is 0 Å². The molecule has 0 radical (unpaired) electrons. The predicted octanol–water partition coefficient (Wildman–Crippen LogP) is 0.626. The van der Waals surface area contributed by atoms with E-state index in [1.54, 1.807) is 11.9 Å². The van der Waals surface area contributed by atoms with Crippen LogP contribution in [-0.4, -0.2) is 74.0 Å². The third-order valence-corrected chi connectivity index (χ3v) is 6.76. The smallest absolute Gasteiger partial charge is 0.371 e. The van der Waals surface area contributed by atoms with Gasteiger partial charge in [0.1, 0.15) is 0 Å². The Morgan fingerprint density at radius 1 is 1.23 bits per heavy atom. The van der Waals surface area contributed by atoms with Crippen LogP contribution in [0.5, 0.6) is 0 Å². The maximum absolute atomic E-state index is 12.6. The van der Waals surface area contributed by atoms with Crippen molar-refractivity contribution >= 4 is 21.9 Å². The number of hydrogen-bond acceptors (Lipinski definition) is 6. The lowest BCUT2D eigenvalue weighted by atomic mass is 9.96. The normalized spacial score (nSPS) is 22.4. The molecule has 1 aromatic rings. The number of carboxylic acid groups (broad SMARTS) is 1. The number of furan rings is 1. The van der Waals surface area contributed by atoms with Crippen molar-refractivity contribution in [2.24, 2.45) is 5.92 Å². The third kappa shape index (κ3) is 3.62. The summed E-state index contributed by atoms with van der Waals surface area (Å²) in [7, 11) is -2.14. The molecule has 2 fully saturated rings. The summed E-state index contributed by atoms with van der Waals surface area (Å²) in [4.78, 5) is 25.2. The van der Waals surface area contributed by atoms with Gasteiger partial charge < -0.3 is 19.2 Å². The third-order valence-electron chi connectivity index (χ3n) is 4.99. The second-order valence-corrected chi connectivity index (χ2v) is 8.44. The Morgan fingerprint density at radius 3 is 2.46 bits per heavy atom. The van der Waals surface area contributed by atoms with Gasteiger partial charge in [-0.25, -0.2) is 13.2 Å². The first-order chi connectivity index (χ1) is 12.3. The zero-order valence-corrected chi connectivity index (χ0v) is 15.3. The van der Waals surface area contributed by atoms with Gasteiger partial charge in [-0.3, -0.25) is 4.79 Å². The second-order valence-electron chi connectivity index (χ2n) is 6.57. The van der Waals surface area contributed by atoms with E-state index < -0.39 is 21.8 Å². The molecule has 1 aromatic heterocycles. The lowest BCUT2D eigenvalue weighted by molar-refractivity contribution is -0.137. The van der Waals surface area contributed by atoms with E-state index in [1.165, 1.54) is 4.31 Å². The highest BCUT2D eigenvalue weighted by molar-refractivity contribution is 7.89. The number of amides is 1. The summed E-state index contributed by atoms with van der Waals surface area (Å²) in [5.74, 6) is -1.95. The fraction of sp³-hybridized carbons (Fsp3) is 0.625. The van der Waals surface area contributed by atoms with Crippen LogP contribution in [0.4, 0.5) is 0 Å². The minimum Gasteiger partial charge on any atom is -0.475 e. The number of nitrogens with zero attached hydrogens (tertiary/aromatic N) is 2. The number of likely N-dealkylation sites (N-methyl/N-ethyl adjacent to an activating group) is 1. The van der Waals surface area contributed by atoms with Crippen LogP contribution in [0.15, 0.2) is 21.6 Å². The van der Waals surface area contributed by atoms with Gasteiger partial charge in [0, 0.05) is 32.7 Å². The molecule has 0 aromatic carbocycles. The van der Waals surface area contributed by atoms with E-state index in [1.807, 2.05) is 0 Å². The zero-order valence-electron chi connectivity index (χ0n) is 14.5. The molecule has 2 aliphatic heterocycles. The average molecular weight is 386 g/mol. The zero-order chi connectivity index (χ0) is 18.9. The SMILES string of the molecule is CN(C(=O)C1CCN(S(=O)(=O)c2ccc(C(=O)O)o2)CC1)C1CCOC1. The van der Waals surface area contributed by atoms with Crippen molar-refractivity contribution in [2.45, 2.75) is 30.4 Å². The van der Waals surface area contributed by atoms with Crippen LogP contribution in [0.25, 0.3) is 0 Å². The van der Waals surface area contributed by atoms with Crippen LogP contribution < -0.4 is 0 Å². The fourth-order valence-electron chi connectivity index (χ4n) is 3.34. The Kier molecular flexibility index (Phi) is 5.35. The molecule has 0 spiro atoms. The highest BCUT2D eigenvalue weighted by atomic mass is 32.2. The van der Waals surface area contributed by atoms with E-state index in [4.69, 9.17) is 14.3 Å². The molecule has 0 aliphatic carbocycles. The number of carboxylic acids is 1. The number of rotatable bonds is 5. The Labute approximate surface area is 151 Å². The largest absolute Gasteiger partial charge is 0.475 e. The van der Waals surface area contributed by atoms with Gasteiger partial charge in [-0.2, -0.15) is 4.31 Å². The molecular formula is C16H22N2O7S. The number of carbonyl (C=O) groups excluding carboxylic acids is 1. The Bertz CT molecular complexity index is 774. The molecule has 3 heterocycles. The maximum atomic E-state index is 12.6. The van der Waals surface area contributed by atoms with Crippen molar-refractivity contribution in [1.29, 1.82) is 0 Å². The van der Waals surface area contributed by atoms with Crippen molar-refractivity contribution in [3.63, 3.8) is 0 Å². The highest BCUT2D eigenvalue weighted by Crippen LogP contribution is 2.27. The molecule has 144 valence electrons. The van der Waals surface area contributed by atoms with Crippen molar-refractivity contribution in [3.05, 3.63) is 17.9 Å². The molecule has 1 N–H and O–H groups in total. The second kappa shape index (κ2) is 7.37. The Hall–Kier alpha value is -1.91. The van der Waals surface area contributed by atoms with Crippen LogP contribution >= 0.6 is 0 Å². The molecule has 0 bridgehead atoms. The van der Waals surface area contributed by atoms with Gasteiger partial charge in [0.25, 0.3) is 10.0 Å². The quantitative estimate of drug-likeness (QED) is 0.788. The lowest BCUT2D eigenvalue weighted by Gasteiger charge is -2.33. The Balaban J connectivity index is 1.61. The van der Waals surface area contributed by atoms with E-state index in [9.17, 15) is 18.0 Å². The number of ether oxygens (including phenoxy) is 1. The van der Waals surface area contributed by atoms with Crippen LogP contribution in [0.2, 0.25) is 0 Å². The van der Waals surface area contributed by atoms with Gasteiger partial charge in [0.2, 0.25) is 16.8 Å². The summed E-state index contributed by atoms with van der Waals surface area (Å²) >= 11 is 0. The first kappa shape index (κ1) is 18.9. The van der Waals surface area contributed by atoms with Crippen LogP contribution in [-0.2, 0) is 19.6 Å². The molecule has 1 amide bonds. The minimum absolute atomic E-state index is 0.0173. The van der Waals surface area contributed by atoms with E-state index in [0.717, 1.165) is 18.6 Å². The molecule has 2 aliphatic rings. The Morgan fingerprint density at radius 2 is 1.92 bits per heavy atom. The van der Waals surface area contributed by atoms with Crippen molar-refractivity contribution in [3.8, 4) is 0 Å². The van der Waals surface area contributed by atoms with E-state index >= 15 is 0 Å². The van der Waals surface area contributed by atoms with Gasteiger partial charge >= 0.3 is 5.97 Å². The van der Waals surface area contributed by atoms with E-state index in [-0.39, 0.29) is 36.0 Å². The van der Waals surface area contributed by atoms with Gasteiger partial charge in [0.05, 0.1) is 12.6 Å². The van der Waals surface area contributed by atoms with Gasteiger partial charge in [0.15, 0.2) is 0 Å². The summed E-state index contributed by atoms with van der Waals surface area (Å²) in [5.41, 5.74) is 0. The summed E-state index contributed by atoms with van der Waals surface area (Å²) in [6.45, 7) is 1.58.